The highest BCUT2D eigenvalue weighted by Crippen LogP contribution is 2.27. The Balaban J connectivity index is 0.00000312. The molecule has 0 heterocycles. The molecule has 0 aliphatic heterocycles. The van der Waals surface area contributed by atoms with Gasteiger partial charge in [-0.1, -0.05) is 24.6 Å². The quantitative estimate of drug-likeness (QED) is 0.367. The van der Waals surface area contributed by atoms with Gasteiger partial charge in [0.25, 0.3) is 0 Å². The van der Waals surface area contributed by atoms with Crippen molar-refractivity contribution >= 4 is 47.2 Å². The Morgan fingerprint density at radius 2 is 2.00 bits per heavy atom. The topological polar surface area (TPSA) is 59.6 Å². The molecule has 0 amide bonds. The molecule has 1 atom stereocenters. The van der Waals surface area contributed by atoms with Crippen LogP contribution in [0.15, 0.2) is 41.4 Å². The number of aliphatic imine (C=N–C) groups is 1. The van der Waals surface area contributed by atoms with Gasteiger partial charge in [-0.15, -0.1) is 24.0 Å². The SMILES string of the molecule is COc1ccc(NC(N)=NCC(C)c2ccc(F)cc2F)cc1Cl.I. The number of rotatable bonds is 5. The number of nitrogens with zero attached hydrogens (tertiary/aromatic N) is 1. The van der Waals surface area contributed by atoms with Crippen LogP contribution in [-0.4, -0.2) is 19.6 Å². The number of halogens is 4. The van der Waals surface area contributed by atoms with Gasteiger partial charge in [-0.3, -0.25) is 4.99 Å². The van der Waals surface area contributed by atoms with Crippen LogP contribution in [0.2, 0.25) is 5.02 Å². The standard InChI is InChI=1S/C17H18ClF2N3O.HI/c1-10(13-5-3-11(19)7-15(13)20)9-22-17(21)23-12-4-6-16(24-2)14(18)8-12;/h3-8,10H,9H2,1-2H3,(H3,21,22,23);1H. The molecule has 0 fully saturated rings. The highest BCUT2D eigenvalue weighted by Gasteiger charge is 2.11. The Labute approximate surface area is 167 Å². The van der Waals surface area contributed by atoms with Crippen molar-refractivity contribution in [3.63, 3.8) is 0 Å². The van der Waals surface area contributed by atoms with Gasteiger partial charge in [0.2, 0.25) is 0 Å². The molecule has 2 aromatic rings. The van der Waals surface area contributed by atoms with E-state index >= 15 is 0 Å². The number of hydrogen-bond donors (Lipinski definition) is 2. The maximum Gasteiger partial charge on any atom is 0.193 e. The Hall–Kier alpha value is -1.61. The van der Waals surface area contributed by atoms with E-state index < -0.39 is 11.6 Å². The van der Waals surface area contributed by atoms with Crippen molar-refractivity contribution in [2.75, 3.05) is 19.0 Å². The predicted molar refractivity (Wildman–Crippen MR) is 108 cm³/mol. The molecule has 1 unspecified atom stereocenters. The van der Waals surface area contributed by atoms with Crippen molar-refractivity contribution in [2.24, 2.45) is 10.7 Å². The minimum Gasteiger partial charge on any atom is -0.495 e. The van der Waals surface area contributed by atoms with Gasteiger partial charge in [0, 0.05) is 24.2 Å². The molecular weight excluding hydrogens is 463 g/mol. The van der Waals surface area contributed by atoms with Crippen molar-refractivity contribution < 1.29 is 13.5 Å². The third kappa shape index (κ3) is 6.00. The lowest BCUT2D eigenvalue weighted by atomic mass is 10.0. The second-order valence-electron chi connectivity index (χ2n) is 5.27. The van der Waals surface area contributed by atoms with Crippen molar-refractivity contribution in [1.29, 1.82) is 0 Å². The first-order chi connectivity index (χ1) is 11.4. The summed E-state index contributed by atoms with van der Waals surface area (Å²) in [5, 5.41) is 3.34. The Kier molecular flexibility index (Phi) is 8.37. The fourth-order valence-corrected chi connectivity index (χ4v) is 2.42. The van der Waals surface area contributed by atoms with Crippen LogP contribution in [-0.2, 0) is 0 Å². The fraction of sp³-hybridized carbons (Fsp3) is 0.235. The molecule has 3 N–H and O–H groups in total. The first-order valence-electron chi connectivity index (χ1n) is 7.26. The highest BCUT2D eigenvalue weighted by molar-refractivity contribution is 14.0. The molecule has 4 nitrogen and oxygen atoms in total. The summed E-state index contributed by atoms with van der Waals surface area (Å²) < 4.78 is 31.7. The third-order valence-electron chi connectivity index (χ3n) is 3.45. The van der Waals surface area contributed by atoms with Crippen LogP contribution in [0.5, 0.6) is 5.75 Å². The van der Waals surface area contributed by atoms with E-state index in [0.717, 1.165) is 6.07 Å². The summed E-state index contributed by atoms with van der Waals surface area (Å²) in [7, 11) is 1.53. The van der Waals surface area contributed by atoms with Crippen molar-refractivity contribution in [3.8, 4) is 5.75 Å². The number of hydrogen-bond acceptors (Lipinski definition) is 2. The van der Waals surface area contributed by atoms with Gasteiger partial charge >= 0.3 is 0 Å². The van der Waals surface area contributed by atoms with Gasteiger partial charge in [0.1, 0.15) is 17.4 Å². The lowest BCUT2D eigenvalue weighted by molar-refractivity contribution is 0.415. The van der Waals surface area contributed by atoms with Crippen molar-refractivity contribution in [1.82, 2.24) is 0 Å². The van der Waals surface area contributed by atoms with Crippen molar-refractivity contribution in [3.05, 3.63) is 58.6 Å². The lowest BCUT2D eigenvalue weighted by Crippen LogP contribution is -2.23. The third-order valence-corrected chi connectivity index (χ3v) is 3.75. The Bertz CT molecular complexity index is 759. The molecule has 8 heteroatoms. The summed E-state index contributed by atoms with van der Waals surface area (Å²) in [4.78, 5) is 4.18. The second kappa shape index (κ2) is 9.76. The highest BCUT2D eigenvalue weighted by atomic mass is 127. The van der Waals surface area contributed by atoms with Crippen LogP contribution in [0.4, 0.5) is 14.5 Å². The maximum atomic E-state index is 13.7. The summed E-state index contributed by atoms with van der Waals surface area (Å²) in [6.07, 6.45) is 0. The van der Waals surface area contributed by atoms with E-state index in [4.69, 9.17) is 22.1 Å². The fourth-order valence-electron chi connectivity index (χ4n) is 2.17. The van der Waals surface area contributed by atoms with E-state index in [0.29, 0.717) is 22.0 Å². The lowest BCUT2D eigenvalue weighted by Gasteiger charge is -2.12. The molecule has 0 aliphatic rings. The Morgan fingerprint density at radius 3 is 2.60 bits per heavy atom. The Morgan fingerprint density at radius 1 is 1.28 bits per heavy atom. The number of methoxy groups -OCH3 is 1. The number of nitrogens with two attached hydrogens (primary N) is 1. The molecule has 25 heavy (non-hydrogen) atoms. The number of benzene rings is 2. The minimum absolute atomic E-state index is 0. The van der Waals surface area contributed by atoms with E-state index in [2.05, 4.69) is 10.3 Å². The van der Waals surface area contributed by atoms with Crippen LogP contribution in [0.25, 0.3) is 0 Å². The summed E-state index contributed by atoms with van der Waals surface area (Å²) in [6.45, 7) is 2.04. The molecule has 0 saturated heterocycles. The minimum atomic E-state index is -0.607. The van der Waals surface area contributed by atoms with E-state index in [1.54, 1.807) is 25.1 Å². The molecule has 0 saturated carbocycles. The smallest absolute Gasteiger partial charge is 0.193 e. The molecule has 2 rings (SSSR count). The average Bonchev–Trinajstić information content (AvgIpc) is 2.53. The molecule has 2 aromatic carbocycles. The van der Waals surface area contributed by atoms with Crippen LogP contribution in [0, 0.1) is 11.6 Å². The summed E-state index contributed by atoms with van der Waals surface area (Å²) >= 11 is 6.03. The summed E-state index contributed by atoms with van der Waals surface area (Å²) in [5.41, 5.74) is 6.87. The second-order valence-corrected chi connectivity index (χ2v) is 5.67. The van der Waals surface area contributed by atoms with Gasteiger partial charge in [0.15, 0.2) is 5.96 Å². The normalized spacial score (nSPS) is 12.3. The molecule has 136 valence electrons. The maximum absolute atomic E-state index is 13.7. The first kappa shape index (κ1) is 21.4. The van der Waals surface area contributed by atoms with Gasteiger partial charge in [-0.05, 0) is 29.8 Å². The van der Waals surface area contributed by atoms with E-state index in [1.165, 1.54) is 19.2 Å². The van der Waals surface area contributed by atoms with Crippen LogP contribution in [0.1, 0.15) is 18.4 Å². The molecule has 0 bridgehead atoms. The monoisotopic (exact) mass is 481 g/mol. The zero-order valence-electron chi connectivity index (χ0n) is 13.7. The van der Waals surface area contributed by atoms with E-state index in [1.807, 2.05) is 0 Å². The first-order valence-corrected chi connectivity index (χ1v) is 7.64. The molecule has 0 spiro atoms. The van der Waals surface area contributed by atoms with Crippen LogP contribution >= 0.6 is 35.6 Å². The number of nitrogens with one attached hydrogen (secondary N) is 1. The van der Waals surface area contributed by atoms with Gasteiger partial charge in [-0.2, -0.15) is 0 Å². The molecular formula is C17H19ClF2IN3O. The molecule has 0 aromatic heterocycles. The van der Waals surface area contributed by atoms with Gasteiger partial charge in [0.05, 0.1) is 12.1 Å². The number of ether oxygens (including phenoxy) is 1. The summed E-state index contributed by atoms with van der Waals surface area (Å²) in [5.74, 6) is -0.718. The van der Waals surface area contributed by atoms with Crippen LogP contribution < -0.4 is 15.8 Å². The van der Waals surface area contributed by atoms with E-state index in [-0.39, 0.29) is 42.4 Å². The number of guanidine groups is 1. The molecule has 0 aliphatic carbocycles. The van der Waals surface area contributed by atoms with Crippen LogP contribution in [0.3, 0.4) is 0 Å². The predicted octanol–water partition coefficient (Wildman–Crippen LogP) is 4.78. The van der Waals surface area contributed by atoms with Crippen molar-refractivity contribution in [2.45, 2.75) is 12.8 Å². The summed E-state index contributed by atoms with van der Waals surface area (Å²) in [6, 6.07) is 8.60. The zero-order valence-corrected chi connectivity index (χ0v) is 16.8. The van der Waals surface area contributed by atoms with Gasteiger partial charge in [-0.25, -0.2) is 8.78 Å². The number of anilines is 1. The zero-order chi connectivity index (χ0) is 17.7. The van der Waals surface area contributed by atoms with Gasteiger partial charge < -0.3 is 15.8 Å². The molecule has 0 radical (unpaired) electrons. The average molecular weight is 482 g/mol. The largest absolute Gasteiger partial charge is 0.495 e. The van der Waals surface area contributed by atoms with E-state index in [9.17, 15) is 8.78 Å².